The molecule has 1 aliphatic rings. The Bertz CT molecular complexity index is 1490. The Kier molecular flexibility index (Phi) is 5.03. The lowest BCUT2D eigenvalue weighted by Gasteiger charge is -2.34. The van der Waals surface area contributed by atoms with E-state index in [1.807, 2.05) is 24.4 Å². The van der Waals surface area contributed by atoms with Crippen LogP contribution in [0.4, 0.5) is 5.82 Å². The average Bonchev–Trinajstić information content (AvgIpc) is 3.62. The van der Waals surface area contributed by atoms with E-state index in [0.29, 0.717) is 11.7 Å². The molecule has 3 N–H and O–H groups in total. The van der Waals surface area contributed by atoms with Crippen molar-refractivity contribution in [2.45, 2.75) is 18.8 Å². The highest BCUT2D eigenvalue weighted by molar-refractivity contribution is 7.08. The first-order chi connectivity index (χ1) is 16.6. The number of anilines is 1. The Morgan fingerprint density at radius 3 is 2.88 bits per heavy atom. The number of imidazole rings is 1. The van der Waals surface area contributed by atoms with Gasteiger partial charge in [-0.05, 0) is 47.9 Å². The molecule has 1 aliphatic heterocycles. The molecular weight excluding hydrogens is 444 g/mol. The minimum atomic E-state index is 0.327. The summed E-state index contributed by atoms with van der Waals surface area (Å²) in [4.78, 5) is 15.4. The van der Waals surface area contributed by atoms with Crippen molar-refractivity contribution in [2.75, 3.05) is 25.9 Å². The van der Waals surface area contributed by atoms with Crippen LogP contribution in [0.5, 0.6) is 5.75 Å². The number of nitrogen functional groups attached to an aromatic ring is 1. The number of hydrogen-bond donors (Lipinski definition) is 2. The van der Waals surface area contributed by atoms with Gasteiger partial charge < -0.3 is 20.4 Å². The third-order valence-corrected chi connectivity index (χ3v) is 7.49. The molecule has 0 radical (unpaired) electrons. The molecule has 5 aromatic rings. The Morgan fingerprint density at radius 2 is 2.12 bits per heavy atom. The standard InChI is InChI=1S/C26H26N6OS/c1-16(18-8-13-34-15-18)31-10-6-17(7-11-31)26-30-23(24-25(27)28-9-12-32(24)26)21-14-19-20(29-21)4-3-5-22(19)33-2/h3-5,8-9,12-15,17,29H,1,6-7,10-11H2,2H3,(H2,27,28). The molecule has 4 aromatic heterocycles. The fourth-order valence-electron chi connectivity index (χ4n) is 5.01. The van der Waals surface area contributed by atoms with E-state index in [2.05, 4.69) is 48.7 Å². The van der Waals surface area contributed by atoms with Crippen LogP contribution in [0.3, 0.4) is 0 Å². The molecule has 1 fully saturated rings. The van der Waals surface area contributed by atoms with Gasteiger partial charge in [0.2, 0.25) is 0 Å². The summed E-state index contributed by atoms with van der Waals surface area (Å²) < 4.78 is 7.67. The molecule has 1 aromatic carbocycles. The maximum atomic E-state index is 6.37. The van der Waals surface area contributed by atoms with Gasteiger partial charge in [-0.15, -0.1) is 0 Å². The topological polar surface area (TPSA) is 84.5 Å². The molecule has 5 heterocycles. The second-order valence-corrected chi connectivity index (χ2v) is 9.45. The summed E-state index contributed by atoms with van der Waals surface area (Å²) in [6.45, 7) is 6.24. The average molecular weight is 471 g/mol. The summed E-state index contributed by atoms with van der Waals surface area (Å²) >= 11 is 1.71. The fraction of sp³-hybridized carbons (Fsp3) is 0.231. The van der Waals surface area contributed by atoms with Crippen molar-refractivity contribution < 1.29 is 4.74 Å². The molecule has 0 bridgehead atoms. The number of aromatic nitrogens is 4. The molecule has 0 amide bonds. The van der Waals surface area contributed by atoms with Crippen molar-refractivity contribution in [3.8, 4) is 17.1 Å². The van der Waals surface area contributed by atoms with Crippen LogP contribution >= 0.6 is 11.3 Å². The van der Waals surface area contributed by atoms with Crippen molar-refractivity contribution in [3.63, 3.8) is 0 Å². The molecule has 0 atom stereocenters. The molecule has 0 saturated carbocycles. The van der Waals surface area contributed by atoms with Gasteiger partial charge in [-0.3, -0.25) is 4.40 Å². The van der Waals surface area contributed by atoms with Crippen molar-refractivity contribution in [2.24, 2.45) is 0 Å². The van der Waals surface area contributed by atoms with E-state index in [4.69, 9.17) is 15.5 Å². The maximum Gasteiger partial charge on any atom is 0.150 e. The monoisotopic (exact) mass is 470 g/mol. The van der Waals surface area contributed by atoms with Gasteiger partial charge in [-0.2, -0.15) is 11.3 Å². The summed E-state index contributed by atoms with van der Waals surface area (Å²) in [6.07, 6.45) is 5.73. The number of thiophene rings is 1. The first-order valence-corrected chi connectivity index (χ1v) is 12.3. The van der Waals surface area contributed by atoms with Crippen molar-refractivity contribution in [1.29, 1.82) is 0 Å². The predicted octanol–water partition coefficient (Wildman–Crippen LogP) is 5.38. The molecule has 7 nitrogen and oxygen atoms in total. The highest BCUT2D eigenvalue weighted by atomic mass is 32.1. The molecule has 0 spiro atoms. The van der Waals surface area contributed by atoms with Crippen LogP contribution in [0.1, 0.15) is 30.1 Å². The smallest absolute Gasteiger partial charge is 0.150 e. The molecule has 0 aliphatic carbocycles. The number of ether oxygens (including phenoxy) is 1. The number of likely N-dealkylation sites (tertiary alicyclic amines) is 1. The normalized spacial score (nSPS) is 14.8. The van der Waals surface area contributed by atoms with Crippen LogP contribution in [0.2, 0.25) is 0 Å². The summed E-state index contributed by atoms with van der Waals surface area (Å²) in [5, 5.41) is 5.28. The summed E-state index contributed by atoms with van der Waals surface area (Å²) in [5.41, 5.74) is 12.3. The van der Waals surface area contributed by atoms with E-state index < -0.39 is 0 Å². The number of fused-ring (bicyclic) bond motifs is 2. The van der Waals surface area contributed by atoms with Gasteiger partial charge in [0, 0.05) is 53.6 Å². The van der Waals surface area contributed by atoms with Crippen LogP contribution in [0.15, 0.2) is 60.1 Å². The van der Waals surface area contributed by atoms with Gasteiger partial charge in [0.15, 0.2) is 0 Å². The molecule has 34 heavy (non-hydrogen) atoms. The second-order valence-electron chi connectivity index (χ2n) is 8.67. The van der Waals surface area contributed by atoms with Crippen molar-refractivity contribution in [3.05, 3.63) is 71.5 Å². The number of H-pyrrole nitrogens is 1. The number of aromatic amines is 1. The van der Waals surface area contributed by atoms with E-state index in [1.165, 1.54) is 5.56 Å². The number of nitrogens with one attached hydrogen (secondary N) is 1. The minimum Gasteiger partial charge on any atom is -0.496 e. The zero-order valence-electron chi connectivity index (χ0n) is 19.0. The van der Waals surface area contributed by atoms with Gasteiger partial charge >= 0.3 is 0 Å². The van der Waals surface area contributed by atoms with E-state index in [9.17, 15) is 0 Å². The number of hydrogen-bond acceptors (Lipinski definition) is 6. The lowest BCUT2D eigenvalue weighted by Crippen LogP contribution is -2.31. The lowest BCUT2D eigenvalue weighted by molar-refractivity contribution is 0.293. The largest absolute Gasteiger partial charge is 0.496 e. The van der Waals surface area contributed by atoms with Gasteiger partial charge in [0.05, 0.1) is 12.8 Å². The highest BCUT2D eigenvalue weighted by Gasteiger charge is 2.28. The molecule has 172 valence electrons. The van der Waals surface area contributed by atoms with E-state index in [1.54, 1.807) is 24.6 Å². The number of rotatable bonds is 5. The number of nitrogens with two attached hydrogens (primary N) is 1. The lowest BCUT2D eigenvalue weighted by atomic mass is 9.95. The number of methoxy groups -OCH3 is 1. The third-order valence-electron chi connectivity index (χ3n) is 6.81. The fourth-order valence-corrected chi connectivity index (χ4v) is 5.68. The number of piperidine rings is 1. The van der Waals surface area contributed by atoms with Gasteiger partial charge in [0.1, 0.15) is 28.6 Å². The van der Waals surface area contributed by atoms with Crippen LogP contribution in [-0.2, 0) is 0 Å². The third kappa shape index (κ3) is 3.33. The first kappa shape index (κ1) is 20.8. The molecule has 8 heteroatoms. The summed E-state index contributed by atoms with van der Waals surface area (Å²) in [5.74, 6) is 2.66. The molecule has 6 rings (SSSR count). The minimum absolute atomic E-state index is 0.327. The molecule has 1 saturated heterocycles. The van der Waals surface area contributed by atoms with E-state index in [0.717, 1.165) is 71.0 Å². The zero-order chi connectivity index (χ0) is 23.2. The number of benzene rings is 1. The predicted molar refractivity (Wildman–Crippen MR) is 138 cm³/mol. The Morgan fingerprint density at radius 1 is 1.26 bits per heavy atom. The van der Waals surface area contributed by atoms with Crippen LogP contribution in [0, 0.1) is 0 Å². The van der Waals surface area contributed by atoms with Crippen LogP contribution in [0.25, 0.3) is 33.5 Å². The van der Waals surface area contributed by atoms with Crippen LogP contribution < -0.4 is 10.5 Å². The Labute approximate surface area is 201 Å². The zero-order valence-corrected chi connectivity index (χ0v) is 19.8. The first-order valence-electron chi connectivity index (χ1n) is 11.4. The molecule has 0 unspecified atom stereocenters. The quantitative estimate of drug-likeness (QED) is 0.360. The summed E-state index contributed by atoms with van der Waals surface area (Å²) in [6, 6.07) is 10.2. The van der Waals surface area contributed by atoms with E-state index in [-0.39, 0.29) is 0 Å². The van der Waals surface area contributed by atoms with Crippen LogP contribution in [-0.4, -0.2) is 44.5 Å². The summed E-state index contributed by atoms with van der Waals surface area (Å²) in [7, 11) is 1.69. The Balaban J connectivity index is 1.36. The molecular formula is C26H26N6OS. The van der Waals surface area contributed by atoms with Gasteiger partial charge in [-0.1, -0.05) is 12.6 Å². The Hall–Kier alpha value is -3.78. The van der Waals surface area contributed by atoms with Crippen molar-refractivity contribution in [1.82, 2.24) is 24.3 Å². The van der Waals surface area contributed by atoms with Gasteiger partial charge in [0.25, 0.3) is 0 Å². The maximum absolute atomic E-state index is 6.37. The van der Waals surface area contributed by atoms with E-state index >= 15 is 0 Å². The number of nitrogens with zero attached hydrogens (tertiary/aromatic N) is 4. The highest BCUT2D eigenvalue weighted by Crippen LogP contribution is 2.37. The second kappa shape index (κ2) is 8.22. The SMILES string of the molecule is C=C(c1ccsc1)N1CCC(c2nc(-c3cc4c(OC)cccc4[nH]3)c3c(N)nccn23)CC1. The van der Waals surface area contributed by atoms with Crippen molar-refractivity contribution >= 4 is 39.3 Å². The van der Waals surface area contributed by atoms with Gasteiger partial charge in [-0.25, -0.2) is 9.97 Å².